The van der Waals surface area contributed by atoms with E-state index < -0.39 is 11.2 Å². The molecule has 0 amide bonds. The summed E-state index contributed by atoms with van der Waals surface area (Å²) < 4.78 is 14.0. The van der Waals surface area contributed by atoms with Gasteiger partial charge in [0.15, 0.2) is 5.82 Å². The second-order valence-electron chi connectivity index (χ2n) is 5.74. The van der Waals surface area contributed by atoms with Crippen LogP contribution in [0.5, 0.6) is 0 Å². The molecule has 1 unspecified atom stereocenters. The number of imidazole rings is 1. The summed E-state index contributed by atoms with van der Waals surface area (Å²) in [6.07, 6.45) is 5.96. The number of nitrogen functional groups attached to an aromatic ring is 1. The van der Waals surface area contributed by atoms with E-state index in [0.717, 1.165) is 66.2 Å². The van der Waals surface area contributed by atoms with E-state index in [1.165, 1.54) is 0 Å². The monoisotopic (exact) mass is 322 g/mol. The Morgan fingerprint density at radius 1 is 1.23 bits per heavy atom. The van der Waals surface area contributed by atoms with E-state index in [4.69, 9.17) is 5.73 Å². The van der Waals surface area contributed by atoms with Gasteiger partial charge < -0.3 is 14.9 Å². The first-order chi connectivity index (χ1) is 10.5. The molecule has 2 aromatic heterocycles. The van der Waals surface area contributed by atoms with Crippen molar-refractivity contribution in [3.63, 3.8) is 0 Å². The highest BCUT2D eigenvalue weighted by atomic mass is 32.2. The Bertz CT molecular complexity index is 626. The molecule has 2 aromatic rings. The van der Waals surface area contributed by atoms with Crippen molar-refractivity contribution in [2.24, 2.45) is 0 Å². The van der Waals surface area contributed by atoms with Gasteiger partial charge in [0.2, 0.25) is 0 Å². The number of anilines is 1. The molecule has 1 atom stereocenters. The lowest BCUT2D eigenvalue weighted by molar-refractivity contribution is 0.579. The Kier molecular flexibility index (Phi) is 6.08. The molecule has 0 aromatic carbocycles. The van der Waals surface area contributed by atoms with Crippen LogP contribution in [0.2, 0.25) is 0 Å². The summed E-state index contributed by atoms with van der Waals surface area (Å²) in [5, 5.41) is 0. The smallest absolute Gasteiger partial charge is 0.151 e. The molecule has 0 bridgehead atoms. The number of hydrogen-bond donors (Lipinski definition) is 1. The van der Waals surface area contributed by atoms with Gasteiger partial charge in [-0.15, -0.1) is 0 Å². The molecule has 2 rings (SSSR count). The number of aryl methyl sites for hydroxylation is 3. The first-order valence-electron chi connectivity index (χ1n) is 7.97. The van der Waals surface area contributed by atoms with Crippen molar-refractivity contribution in [3.8, 4) is 0 Å². The van der Waals surface area contributed by atoms with Gasteiger partial charge in [0.25, 0.3) is 0 Å². The van der Waals surface area contributed by atoms with Crippen molar-refractivity contribution in [1.82, 2.24) is 14.5 Å². The number of hydrogen-bond acceptors (Lipinski definition) is 4. The lowest BCUT2D eigenvalue weighted by Crippen LogP contribution is -2.12. The molecule has 0 radical (unpaired) electrons. The Morgan fingerprint density at radius 3 is 2.68 bits per heavy atom. The van der Waals surface area contributed by atoms with Crippen molar-refractivity contribution in [1.29, 1.82) is 0 Å². The van der Waals surface area contributed by atoms with Crippen LogP contribution in [0.15, 0.2) is 6.20 Å². The van der Waals surface area contributed by atoms with Crippen LogP contribution < -0.4 is 5.73 Å². The molecular formula is C16H26N4OS. The van der Waals surface area contributed by atoms with Gasteiger partial charge in [0, 0.05) is 12.7 Å². The summed E-state index contributed by atoms with van der Waals surface area (Å²) in [7, 11) is 0. The molecule has 0 saturated heterocycles. The van der Waals surface area contributed by atoms with Gasteiger partial charge in [-0.2, -0.15) is 0 Å². The summed E-state index contributed by atoms with van der Waals surface area (Å²) in [6.45, 7) is 7.05. The van der Waals surface area contributed by atoms with Gasteiger partial charge >= 0.3 is 0 Å². The number of fused-ring (bicyclic) bond motifs is 1. The topological polar surface area (TPSA) is 79.8 Å². The number of rotatable bonds is 8. The summed E-state index contributed by atoms with van der Waals surface area (Å²) in [5.41, 5.74) is 8.89. The fourth-order valence-corrected chi connectivity index (χ4v) is 3.99. The predicted molar refractivity (Wildman–Crippen MR) is 93.4 cm³/mol. The van der Waals surface area contributed by atoms with E-state index >= 15 is 0 Å². The van der Waals surface area contributed by atoms with E-state index in [2.05, 4.69) is 21.5 Å². The molecule has 0 saturated carbocycles. The van der Waals surface area contributed by atoms with Gasteiger partial charge in [-0.1, -0.05) is 24.5 Å². The Hall–Kier alpha value is -1.27. The second-order valence-corrected chi connectivity index (χ2v) is 7.44. The Morgan fingerprint density at radius 2 is 1.95 bits per heavy atom. The zero-order chi connectivity index (χ0) is 16.1. The van der Waals surface area contributed by atoms with Crippen LogP contribution in [0.3, 0.4) is 0 Å². The van der Waals surface area contributed by atoms with Crippen molar-refractivity contribution >= 4 is 28.0 Å². The average Bonchev–Trinajstić information content (AvgIpc) is 2.83. The van der Waals surface area contributed by atoms with E-state index in [1.54, 1.807) is 6.20 Å². The Balaban J connectivity index is 1.97. The molecule has 6 heteroatoms. The maximum absolute atomic E-state index is 11.8. The van der Waals surface area contributed by atoms with Crippen LogP contribution in [0.1, 0.15) is 44.0 Å². The maximum Gasteiger partial charge on any atom is 0.151 e. The zero-order valence-electron chi connectivity index (χ0n) is 13.8. The highest BCUT2D eigenvalue weighted by Gasteiger charge is 2.13. The minimum Gasteiger partial charge on any atom is -0.616 e. The van der Waals surface area contributed by atoms with Gasteiger partial charge in [-0.25, -0.2) is 9.97 Å². The van der Waals surface area contributed by atoms with Crippen LogP contribution >= 0.6 is 0 Å². The number of aromatic nitrogens is 3. The predicted octanol–water partition coefficient (Wildman–Crippen LogP) is 2.96. The molecule has 5 nitrogen and oxygen atoms in total. The van der Waals surface area contributed by atoms with E-state index in [-0.39, 0.29) is 0 Å². The molecule has 0 aliphatic rings. The highest BCUT2D eigenvalue weighted by Crippen LogP contribution is 2.23. The fourth-order valence-electron chi connectivity index (χ4n) is 2.65. The standard InChI is InChI=1S/C16H26N4OS/c1-4-5-9-22(21)10-7-6-8-20-13(3)19-14-15(20)12(2)11-18-16(14)17/h11H,4-10H2,1-3H3,(H2,17,18). The minimum absolute atomic E-state index is 0.489. The van der Waals surface area contributed by atoms with Crippen molar-refractivity contribution in [2.75, 3.05) is 17.2 Å². The molecule has 0 aliphatic carbocycles. The van der Waals surface area contributed by atoms with Crippen molar-refractivity contribution in [3.05, 3.63) is 17.6 Å². The number of nitrogens with two attached hydrogens (primary N) is 1. The summed E-state index contributed by atoms with van der Waals surface area (Å²) in [5.74, 6) is 3.09. The summed E-state index contributed by atoms with van der Waals surface area (Å²) in [6, 6.07) is 0. The first-order valence-corrected chi connectivity index (χ1v) is 9.46. The van der Waals surface area contributed by atoms with Crippen molar-refractivity contribution in [2.45, 2.75) is 53.0 Å². The van der Waals surface area contributed by atoms with Gasteiger partial charge in [0.05, 0.1) is 5.52 Å². The number of pyridine rings is 1. The SMILES string of the molecule is CCCC[S+]([O-])CCCCn1c(C)nc2c(N)ncc(C)c21. The largest absolute Gasteiger partial charge is 0.616 e. The summed E-state index contributed by atoms with van der Waals surface area (Å²) in [4.78, 5) is 8.71. The van der Waals surface area contributed by atoms with E-state index in [0.29, 0.717) is 5.82 Å². The molecule has 0 spiro atoms. The second kappa shape index (κ2) is 7.83. The number of nitrogens with zero attached hydrogens (tertiary/aromatic N) is 3. The quantitative estimate of drug-likeness (QED) is 0.598. The van der Waals surface area contributed by atoms with Crippen molar-refractivity contribution < 1.29 is 4.55 Å². The van der Waals surface area contributed by atoms with Crippen LogP contribution in [-0.2, 0) is 17.7 Å². The molecule has 0 fully saturated rings. The average molecular weight is 322 g/mol. The molecule has 22 heavy (non-hydrogen) atoms. The van der Waals surface area contributed by atoms with E-state index in [1.807, 2.05) is 13.8 Å². The lowest BCUT2D eigenvalue weighted by Gasteiger charge is -2.11. The van der Waals surface area contributed by atoms with Crippen LogP contribution in [-0.4, -0.2) is 30.6 Å². The third-order valence-corrected chi connectivity index (χ3v) is 5.39. The normalized spacial score (nSPS) is 12.9. The minimum atomic E-state index is -0.664. The molecule has 122 valence electrons. The van der Waals surface area contributed by atoms with Crippen LogP contribution in [0.4, 0.5) is 5.82 Å². The van der Waals surface area contributed by atoms with Crippen LogP contribution in [0.25, 0.3) is 11.0 Å². The van der Waals surface area contributed by atoms with Crippen LogP contribution in [0, 0.1) is 13.8 Å². The van der Waals surface area contributed by atoms with Gasteiger partial charge in [0.1, 0.15) is 22.8 Å². The van der Waals surface area contributed by atoms with Gasteiger partial charge in [-0.3, -0.25) is 0 Å². The zero-order valence-corrected chi connectivity index (χ0v) is 14.6. The molecular weight excluding hydrogens is 296 g/mol. The van der Waals surface area contributed by atoms with Gasteiger partial charge in [-0.05, 0) is 38.7 Å². The first kappa shape index (κ1) is 17.1. The third kappa shape index (κ3) is 3.93. The summed E-state index contributed by atoms with van der Waals surface area (Å²) >= 11 is -0.664. The number of unbranched alkanes of at least 4 members (excludes halogenated alkanes) is 2. The third-order valence-electron chi connectivity index (χ3n) is 3.90. The molecule has 2 N–H and O–H groups in total. The fraction of sp³-hybridized carbons (Fsp3) is 0.625. The van der Waals surface area contributed by atoms with E-state index in [9.17, 15) is 4.55 Å². The highest BCUT2D eigenvalue weighted by molar-refractivity contribution is 7.91. The lowest BCUT2D eigenvalue weighted by atomic mass is 10.2. The molecule has 2 heterocycles. The molecule has 0 aliphatic heterocycles. The Labute approximate surface area is 135 Å². The maximum atomic E-state index is 11.8.